The van der Waals surface area contributed by atoms with Gasteiger partial charge in [-0.25, -0.2) is 0 Å². The molecule has 1 fully saturated rings. The number of benzene rings is 1. The van der Waals surface area contributed by atoms with Gasteiger partial charge in [0.15, 0.2) is 6.29 Å². The largest absolute Gasteiger partial charge is 0.368 e. The summed E-state index contributed by atoms with van der Waals surface area (Å²) in [6.45, 7) is 1.53. The summed E-state index contributed by atoms with van der Waals surface area (Å²) >= 11 is 0. The minimum absolute atomic E-state index is 0.0353. The normalized spacial score (nSPS) is 32.1. The van der Waals surface area contributed by atoms with Gasteiger partial charge in [-0.15, -0.1) is 0 Å². The zero-order valence-corrected chi connectivity index (χ0v) is 10.3. The fourth-order valence-electron chi connectivity index (χ4n) is 2.34. The first kappa shape index (κ1) is 13.0. The minimum Gasteiger partial charge on any atom is -0.368 e. The van der Waals surface area contributed by atoms with E-state index in [9.17, 15) is 15.2 Å². The van der Waals surface area contributed by atoms with Crippen LogP contribution in [0.1, 0.15) is 18.9 Å². The van der Waals surface area contributed by atoms with Gasteiger partial charge >= 0.3 is 0 Å². The topological polar surface area (TPSA) is 72.6 Å². The molecule has 1 aromatic rings. The SMILES string of the molecule is CC1([N+](=O)[O-])COC(O)C(Cc2ccccc2)C1. The quantitative estimate of drug-likeness (QED) is 0.654. The third-order valence-corrected chi connectivity index (χ3v) is 3.45. The van der Waals surface area contributed by atoms with Gasteiger partial charge in [-0.3, -0.25) is 10.1 Å². The van der Waals surface area contributed by atoms with Gasteiger partial charge in [-0.1, -0.05) is 30.3 Å². The van der Waals surface area contributed by atoms with E-state index in [0.29, 0.717) is 12.8 Å². The van der Waals surface area contributed by atoms with Crippen molar-refractivity contribution in [3.05, 3.63) is 46.0 Å². The van der Waals surface area contributed by atoms with E-state index < -0.39 is 11.8 Å². The molecule has 0 amide bonds. The van der Waals surface area contributed by atoms with Crippen molar-refractivity contribution in [3.63, 3.8) is 0 Å². The highest BCUT2D eigenvalue weighted by Gasteiger charge is 2.46. The molecule has 1 aliphatic heterocycles. The van der Waals surface area contributed by atoms with Crippen LogP contribution in [0.5, 0.6) is 0 Å². The second-order valence-electron chi connectivity index (χ2n) is 5.11. The zero-order chi connectivity index (χ0) is 13.2. The van der Waals surface area contributed by atoms with Crippen molar-refractivity contribution in [1.82, 2.24) is 0 Å². The summed E-state index contributed by atoms with van der Waals surface area (Å²) in [5.74, 6) is -0.239. The predicted molar refractivity (Wildman–Crippen MR) is 65.6 cm³/mol. The molecule has 0 saturated carbocycles. The van der Waals surface area contributed by atoms with Gasteiger partial charge in [0, 0.05) is 24.2 Å². The third kappa shape index (κ3) is 2.68. The number of aliphatic hydroxyl groups is 1. The van der Waals surface area contributed by atoms with E-state index in [2.05, 4.69) is 0 Å². The van der Waals surface area contributed by atoms with E-state index in [4.69, 9.17) is 4.74 Å². The molecule has 0 spiro atoms. The molecule has 1 N–H and O–H groups in total. The molecule has 1 aliphatic rings. The van der Waals surface area contributed by atoms with Crippen molar-refractivity contribution < 1.29 is 14.8 Å². The maximum absolute atomic E-state index is 11.0. The number of rotatable bonds is 3. The molecule has 5 nitrogen and oxygen atoms in total. The summed E-state index contributed by atoms with van der Waals surface area (Å²) < 4.78 is 5.15. The van der Waals surface area contributed by atoms with Gasteiger partial charge in [0.2, 0.25) is 5.54 Å². The van der Waals surface area contributed by atoms with Crippen LogP contribution in [-0.2, 0) is 11.2 Å². The van der Waals surface area contributed by atoms with E-state index in [1.807, 2.05) is 30.3 Å². The molecule has 5 heteroatoms. The van der Waals surface area contributed by atoms with Crippen molar-refractivity contribution in [2.24, 2.45) is 5.92 Å². The second-order valence-corrected chi connectivity index (χ2v) is 5.11. The van der Waals surface area contributed by atoms with E-state index >= 15 is 0 Å². The van der Waals surface area contributed by atoms with Gasteiger partial charge in [-0.2, -0.15) is 0 Å². The Bertz CT molecular complexity index is 422. The maximum Gasteiger partial charge on any atom is 0.242 e. The zero-order valence-electron chi connectivity index (χ0n) is 10.3. The maximum atomic E-state index is 11.0. The van der Waals surface area contributed by atoms with Crippen LogP contribution >= 0.6 is 0 Å². The van der Waals surface area contributed by atoms with Crippen molar-refractivity contribution in [2.75, 3.05) is 6.61 Å². The Morgan fingerprint density at radius 1 is 1.50 bits per heavy atom. The van der Waals surface area contributed by atoms with Gasteiger partial charge in [0.25, 0.3) is 0 Å². The highest BCUT2D eigenvalue weighted by molar-refractivity contribution is 5.15. The molecule has 0 aliphatic carbocycles. The molecule has 18 heavy (non-hydrogen) atoms. The molecule has 1 saturated heterocycles. The Labute approximate surface area is 106 Å². The van der Waals surface area contributed by atoms with Crippen LogP contribution < -0.4 is 0 Å². The fourth-order valence-corrected chi connectivity index (χ4v) is 2.34. The number of hydrogen-bond donors (Lipinski definition) is 1. The molecule has 0 radical (unpaired) electrons. The minimum atomic E-state index is -1.10. The average molecular weight is 251 g/mol. The predicted octanol–water partition coefficient (Wildman–Crippen LogP) is 1.62. The Kier molecular flexibility index (Phi) is 3.63. The molecule has 0 bridgehead atoms. The molecule has 2 rings (SSSR count). The van der Waals surface area contributed by atoms with E-state index in [0.717, 1.165) is 5.56 Å². The van der Waals surface area contributed by atoms with Gasteiger partial charge in [0.1, 0.15) is 6.61 Å². The highest BCUT2D eigenvalue weighted by atomic mass is 16.6. The molecule has 3 unspecified atom stereocenters. The molecular formula is C13H17NO4. The summed E-state index contributed by atoms with van der Waals surface area (Å²) in [5.41, 5.74) is -0.0451. The van der Waals surface area contributed by atoms with E-state index in [1.165, 1.54) is 0 Å². The first-order valence-corrected chi connectivity index (χ1v) is 5.99. The molecule has 3 atom stereocenters. The lowest BCUT2D eigenvalue weighted by Crippen LogP contribution is -2.50. The molecule has 0 aromatic heterocycles. The van der Waals surface area contributed by atoms with Crippen LogP contribution in [-0.4, -0.2) is 28.5 Å². The first-order chi connectivity index (χ1) is 8.51. The van der Waals surface area contributed by atoms with E-state index in [-0.39, 0.29) is 17.4 Å². The standard InChI is InChI=1S/C13H17NO4/c1-13(14(16)17)8-11(12(15)18-9-13)7-10-5-3-2-4-6-10/h2-6,11-12,15H,7-9H2,1H3. The Morgan fingerprint density at radius 3 is 2.78 bits per heavy atom. The number of nitrogens with zero attached hydrogens (tertiary/aromatic N) is 1. The molecule has 1 heterocycles. The van der Waals surface area contributed by atoms with Crippen LogP contribution in [0.15, 0.2) is 30.3 Å². The van der Waals surface area contributed by atoms with Gasteiger partial charge in [0.05, 0.1) is 0 Å². The Balaban J connectivity index is 2.09. The summed E-state index contributed by atoms with van der Waals surface area (Å²) in [4.78, 5) is 10.7. The lowest BCUT2D eigenvalue weighted by Gasteiger charge is -2.35. The smallest absolute Gasteiger partial charge is 0.242 e. The third-order valence-electron chi connectivity index (χ3n) is 3.45. The second kappa shape index (κ2) is 5.04. The Hall–Kier alpha value is -1.46. The van der Waals surface area contributed by atoms with Crippen LogP contribution in [0.4, 0.5) is 0 Å². The lowest BCUT2D eigenvalue weighted by molar-refractivity contribution is -0.581. The highest BCUT2D eigenvalue weighted by Crippen LogP contribution is 2.31. The Morgan fingerprint density at radius 2 is 2.17 bits per heavy atom. The van der Waals surface area contributed by atoms with Gasteiger partial charge in [-0.05, 0) is 12.0 Å². The fraction of sp³-hybridized carbons (Fsp3) is 0.538. The lowest BCUT2D eigenvalue weighted by atomic mass is 9.83. The van der Waals surface area contributed by atoms with Crippen molar-refractivity contribution >= 4 is 0 Å². The van der Waals surface area contributed by atoms with Crippen LogP contribution in [0.3, 0.4) is 0 Å². The number of nitro groups is 1. The first-order valence-electron chi connectivity index (χ1n) is 5.99. The van der Waals surface area contributed by atoms with Crippen LogP contribution in [0.2, 0.25) is 0 Å². The monoisotopic (exact) mass is 251 g/mol. The van der Waals surface area contributed by atoms with Crippen LogP contribution in [0.25, 0.3) is 0 Å². The number of aliphatic hydroxyl groups excluding tert-OH is 1. The summed E-state index contributed by atoms with van der Waals surface area (Å²) in [6.07, 6.45) is -0.000152. The van der Waals surface area contributed by atoms with Crippen molar-refractivity contribution in [1.29, 1.82) is 0 Å². The summed E-state index contributed by atoms with van der Waals surface area (Å²) in [5, 5.41) is 20.8. The van der Waals surface area contributed by atoms with Crippen LogP contribution in [0, 0.1) is 16.0 Å². The average Bonchev–Trinajstić information content (AvgIpc) is 2.35. The number of ether oxygens (including phenoxy) is 1. The van der Waals surface area contributed by atoms with Gasteiger partial charge < -0.3 is 9.84 Å². The summed E-state index contributed by atoms with van der Waals surface area (Å²) in [6, 6.07) is 9.64. The molecule has 1 aromatic carbocycles. The van der Waals surface area contributed by atoms with E-state index in [1.54, 1.807) is 6.92 Å². The number of hydrogen-bond acceptors (Lipinski definition) is 4. The molecular weight excluding hydrogens is 234 g/mol. The molecule has 98 valence electrons. The van der Waals surface area contributed by atoms with Crippen molar-refractivity contribution in [2.45, 2.75) is 31.6 Å². The van der Waals surface area contributed by atoms with Crippen molar-refractivity contribution in [3.8, 4) is 0 Å². The summed E-state index contributed by atoms with van der Waals surface area (Å²) in [7, 11) is 0.